The summed E-state index contributed by atoms with van der Waals surface area (Å²) in [5.74, 6) is 0.712. The SMILES string of the molecule is CN=C(NCC1(OC)CCOCC1)N1CCN(c2ccc(F)cc2)CC1.I. The summed E-state index contributed by atoms with van der Waals surface area (Å²) in [6.07, 6.45) is 1.79. The van der Waals surface area contributed by atoms with Crippen LogP contribution in [0, 0.1) is 5.82 Å². The number of hydrogen-bond acceptors (Lipinski definition) is 4. The Kier molecular flexibility index (Phi) is 8.56. The first-order valence-electron chi connectivity index (χ1n) is 9.25. The third kappa shape index (κ3) is 5.68. The lowest BCUT2D eigenvalue weighted by molar-refractivity contribution is -0.0857. The molecule has 0 amide bonds. The molecular weight excluding hydrogens is 462 g/mol. The monoisotopic (exact) mass is 492 g/mol. The molecule has 0 bridgehead atoms. The van der Waals surface area contributed by atoms with Gasteiger partial charge < -0.3 is 24.6 Å². The Labute approximate surface area is 178 Å². The fourth-order valence-electron chi connectivity index (χ4n) is 3.60. The van der Waals surface area contributed by atoms with Crippen molar-refractivity contribution in [2.75, 3.05) is 65.0 Å². The summed E-state index contributed by atoms with van der Waals surface area (Å²) in [7, 11) is 3.59. The Hall–Kier alpha value is -1.13. The highest BCUT2D eigenvalue weighted by Crippen LogP contribution is 2.23. The Bertz CT molecular complexity index is 600. The molecule has 0 aromatic heterocycles. The predicted octanol–water partition coefficient (Wildman–Crippen LogP) is 2.34. The van der Waals surface area contributed by atoms with E-state index in [-0.39, 0.29) is 35.4 Å². The van der Waals surface area contributed by atoms with Gasteiger partial charge in [-0.25, -0.2) is 4.39 Å². The molecule has 1 N–H and O–H groups in total. The van der Waals surface area contributed by atoms with E-state index in [0.717, 1.165) is 70.4 Å². The van der Waals surface area contributed by atoms with Gasteiger partial charge in [-0.2, -0.15) is 0 Å². The highest BCUT2D eigenvalue weighted by molar-refractivity contribution is 14.0. The summed E-state index contributed by atoms with van der Waals surface area (Å²) in [6.45, 7) is 5.73. The number of halogens is 2. The van der Waals surface area contributed by atoms with E-state index >= 15 is 0 Å². The summed E-state index contributed by atoms with van der Waals surface area (Å²) >= 11 is 0. The van der Waals surface area contributed by atoms with Gasteiger partial charge in [-0.1, -0.05) is 0 Å². The van der Waals surface area contributed by atoms with Gasteiger partial charge in [0, 0.05) is 78.6 Å². The maximum absolute atomic E-state index is 13.1. The lowest BCUT2D eigenvalue weighted by Crippen LogP contribution is -2.56. The first-order valence-corrected chi connectivity index (χ1v) is 9.25. The van der Waals surface area contributed by atoms with Gasteiger partial charge in [0.1, 0.15) is 5.82 Å². The van der Waals surface area contributed by atoms with E-state index in [4.69, 9.17) is 9.47 Å². The van der Waals surface area contributed by atoms with Crippen LogP contribution >= 0.6 is 24.0 Å². The van der Waals surface area contributed by atoms with Gasteiger partial charge in [0.25, 0.3) is 0 Å². The van der Waals surface area contributed by atoms with Crippen LogP contribution in [0.2, 0.25) is 0 Å². The van der Waals surface area contributed by atoms with Gasteiger partial charge in [-0.3, -0.25) is 4.99 Å². The summed E-state index contributed by atoms with van der Waals surface area (Å²) in [5.41, 5.74) is 0.888. The quantitative estimate of drug-likeness (QED) is 0.398. The van der Waals surface area contributed by atoms with Crippen molar-refractivity contribution in [1.82, 2.24) is 10.2 Å². The molecule has 2 aliphatic rings. The van der Waals surface area contributed by atoms with E-state index < -0.39 is 0 Å². The molecule has 0 aliphatic carbocycles. The van der Waals surface area contributed by atoms with Crippen LogP contribution in [-0.2, 0) is 9.47 Å². The average Bonchev–Trinajstić information content (AvgIpc) is 2.70. The number of methoxy groups -OCH3 is 1. The number of rotatable bonds is 4. The molecule has 2 aliphatic heterocycles. The van der Waals surface area contributed by atoms with Crippen molar-refractivity contribution in [2.45, 2.75) is 18.4 Å². The molecular formula is C19H30FIN4O2. The molecule has 3 rings (SSSR count). The largest absolute Gasteiger partial charge is 0.381 e. The van der Waals surface area contributed by atoms with Gasteiger partial charge in [-0.05, 0) is 24.3 Å². The van der Waals surface area contributed by atoms with Crippen molar-refractivity contribution in [3.63, 3.8) is 0 Å². The van der Waals surface area contributed by atoms with Crippen molar-refractivity contribution < 1.29 is 13.9 Å². The van der Waals surface area contributed by atoms with Crippen molar-refractivity contribution in [3.05, 3.63) is 30.1 Å². The Morgan fingerprint density at radius 2 is 1.81 bits per heavy atom. The van der Waals surface area contributed by atoms with Crippen LogP contribution in [0.3, 0.4) is 0 Å². The summed E-state index contributed by atoms with van der Waals surface area (Å²) in [4.78, 5) is 8.99. The summed E-state index contributed by atoms with van der Waals surface area (Å²) in [5, 5.41) is 3.49. The topological polar surface area (TPSA) is 49.3 Å². The minimum absolute atomic E-state index is 0. The number of guanidine groups is 1. The van der Waals surface area contributed by atoms with E-state index in [1.54, 1.807) is 7.11 Å². The van der Waals surface area contributed by atoms with Crippen LogP contribution in [0.1, 0.15) is 12.8 Å². The number of nitrogens with zero attached hydrogens (tertiary/aromatic N) is 3. The van der Waals surface area contributed by atoms with Crippen molar-refractivity contribution >= 4 is 35.6 Å². The second-order valence-electron chi connectivity index (χ2n) is 6.85. The number of aliphatic imine (C=N–C) groups is 1. The van der Waals surface area contributed by atoms with E-state index in [2.05, 4.69) is 20.1 Å². The zero-order valence-electron chi connectivity index (χ0n) is 16.1. The molecule has 0 atom stereocenters. The average molecular weight is 492 g/mol. The molecule has 1 aromatic carbocycles. The fraction of sp³-hybridized carbons (Fsp3) is 0.632. The van der Waals surface area contributed by atoms with E-state index in [0.29, 0.717) is 0 Å². The van der Waals surface area contributed by atoms with Gasteiger partial charge in [0.2, 0.25) is 0 Å². The summed E-state index contributed by atoms with van der Waals surface area (Å²) < 4.78 is 24.3. The molecule has 8 heteroatoms. The maximum Gasteiger partial charge on any atom is 0.193 e. The Morgan fingerprint density at radius 1 is 1.19 bits per heavy atom. The number of nitrogens with one attached hydrogen (secondary N) is 1. The van der Waals surface area contributed by atoms with Gasteiger partial charge in [0.05, 0.1) is 5.60 Å². The summed E-state index contributed by atoms with van der Waals surface area (Å²) in [6, 6.07) is 6.71. The van der Waals surface area contributed by atoms with Crippen molar-refractivity contribution in [3.8, 4) is 0 Å². The van der Waals surface area contributed by atoms with Crippen LogP contribution in [-0.4, -0.2) is 76.6 Å². The molecule has 0 spiro atoms. The minimum atomic E-state index is -0.197. The van der Waals surface area contributed by atoms with Gasteiger partial charge in [0.15, 0.2) is 5.96 Å². The standard InChI is InChI=1S/C19H29FN4O2.HI/c1-21-18(22-15-19(25-2)7-13-26-14-8-19)24-11-9-23(10-12-24)17-5-3-16(20)4-6-17;/h3-6H,7-15H2,1-2H3,(H,21,22);1H. The second-order valence-corrected chi connectivity index (χ2v) is 6.85. The van der Waals surface area contributed by atoms with Gasteiger partial charge >= 0.3 is 0 Å². The number of anilines is 1. The molecule has 6 nitrogen and oxygen atoms in total. The molecule has 1 aromatic rings. The first kappa shape index (κ1) is 22.2. The fourth-order valence-corrected chi connectivity index (χ4v) is 3.60. The van der Waals surface area contributed by atoms with Crippen LogP contribution in [0.5, 0.6) is 0 Å². The van der Waals surface area contributed by atoms with E-state index in [9.17, 15) is 4.39 Å². The number of benzene rings is 1. The smallest absolute Gasteiger partial charge is 0.193 e. The highest BCUT2D eigenvalue weighted by Gasteiger charge is 2.33. The lowest BCUT2D eigenvalue weighted by atomic mass is 9.94. The molecule has 152 valence electrons. The third-order valence-electron chi connectivity index (χ3n) is 5.39. The van der Waals surface area contributed by atoms with Crippen molar-refractivity contribution in [1.29, 1.82) is 0 Å². The Morgan fingerprint density at radius 3 is 2.37 bits per heavy atom. The highest BCUT2D eigenvalue weighted by atomic mass is 127. The normalized spacial score (nSPS) is 20.2. The molecule has 2 heterocycles. The first-order chi connectivity index (χ1) is 12.7. The zero-order chi connectivity index (χ0) is 18.4. The molecule has 2 saturated heterocycles. The third-order valence-corrected chi connectivity index (χ3v) is 5.39. The van der Waals surface area contributed by atoms with Crippen LogP contribution in [0.15, 0.2) is 29.3 Å². The molecule has 0 unspecified atom stereocenters. The number of ether oxygens (including phenoxy) is 2. The molecule has 2 fully saturated rings. The molecule has 0 radical (unpaired) electrons. The van der Waals surface area contributed by atoms with Crippen LogP contribution in [0.25, 0.3) is 0 Å². The Balaban J connectivity index is 0.00000261. The number of hydrogen-bond donors (Lipinski definition) is 1. The van der Waals surface area contributed by atoms with Gasteiger partial charge in [-0.15, -0.1) is 24.0 Å². The van der Waals surface area contributed by atoms with Crippen molar-refractivity contribution in [2.24, 2.45) is 4.99 Å². The zero-order valence-corrected chi connectivity index (χ0v) is 18.4. The number of piperazine rings is 1. The predicted molar refractivity (Wildman–Crippen MR) is 117 cm³/mol. The van der Waals surface area contributed by atoms with Crippen LogP contribution in [0.4, 0.5) is 10.1 Å². The van der Waals surface area contributed by atoms with Crippen LogP contribution < -0.4 is 10.2 Å². The molecule has 27 heavy (non-hydrogen) atoms. The molecule has 0 saturated carbocycles. The van der Waals surface area contributed by atoms with E-state index in [1.807, 2.05) is 19.2 Å². The lowest BCUT2D eigenvalue weighted by Gasteiger charge is -2.40. The van der Waals surface area contributed by atoms with E-state index in [1.165, 1.54) is 12.1 Å². The maximum atomic E-state index is 13.1. The second kappa shape index (κ2) is 10.4. The minimum Gasteiger partial charge on any atom is -0.381 e.